The van der Waals surface area contributed by atoms with Crippen LogP contribution in [0, 0.1) is 12.3 Å². The van der Waals surface area contributed by atoms with Crippen LogP contribution in [0.4, 0.5) is 0 Å². The van der Waals surface area contributed by atoms with E-state index < -0.39 is 10.0 Å². The maximum atomic E-state index is 12.6. The maximum absolute atomic E-state index is 12.6. The minimum atomic E-state index is -3.32. The predicted molar refractivity (Wildman–Crippen MR) is 81.7 cm³/mol. The molecule has 0 saturated carbocycles. The number of hydrogen-bond acceptors (Lipinski definition) is 3. The summed E-state index contributed by atoms with van der Waals surface area (Å²) in [5, 5.41) is 3.35. The molecule has 1 aromatic rings. The van der Waals surface area contributed by atoms with E-state index in [4.69, 9.17) is 0 Å². The Bertz CT molecular complexity index is 583. The zero-order chi connectivity index (χ0) is 13.5. The van der Waals surface area contributed by atoms with Gasteiger partial charge >= 0.3 is 0 Å². The Morgan fingerprint density at radius 2 is 2.10 bits per heavy atom. The fourth-order valence-electron chi connectivity index (χ4n) is 3.17. The van der Waals surface area contributed by atoms with Gasteiger partial charge in [-0.3, -0.25) is 0 Å². The molecule has 112 valence electrons. The van der Waals surface area contributed by atoms with Gasteiger partial charge in [-0.25, -0.2) is 8.42 Å². The van der Waals surface area contributed by atoms with Crippen LogP contribution in [-0.2, 0) is 10.0 Å². The monoisotopic (exact) mass is 316 g/mol. The van der Waals surface area contributed by atoms with Crippen LogP contribution in [0.15, 0.2) is 29.2 Å². The second-order valence-corrected chi connectivity index (χ2v) is 7.77. The van der Waals surface area contributed by atoms with Crippen molar-refractivity contribution < 1.29 is 8.42 Å². The lowest BCUT2D eigenvalue weighted by molar-refractivity contribution is 0.338. The molecule has 6 heteroatoms. The van der Waals surface area contributed by atoms with E-state index in [2.05, 4.69) is 5.32 Å². The first-order valence-electron chi connectivity index (χ1n) is 6.80. The van der Waals surface area contributed by atoms with Crippen LogP contribution in [0.25, 0.3) is 0 Å². The van der Waals surface area contributed by atoms with Crippen LogP contribution in [0.5, 0.6) is 0 Å². The van der Waals surface area contributed by atoms with Gasteiger partial charge in [0.15, 0.2) is 0 Å². The van der Waals surface area contributed by atoms with Crippen molar-refractivity contribution in [3.05, 3.63) is 29.8 Å². The van der Waals surface area contributed by atoms with Gasteiger partial charge in [-0.1, -0.05) is 12.1 Å². The second kappa shape index (κ2) is 5.64. The van der Waals surface area contributed by atoms with Crippen LogP contribution in [0.1, 0.15) is 18.4 Å². The highest BCUT2D eigenvalue weighted by Crippen LogP contribution is 2.38. The fraction of sp³-hybridized carbons (Fsp3) is 0.571. The normalized spacial score (nSPS) is 26.9. The van der Waals surface area contributed by atoms with Gasteiger partial charge in [0.25, 0.3) is 0 Å². The van der Waals surface area contributed by atoms with Gasteiger partial charge in [-0.15, -0.1) is 12.4 Å². The summed E-state index contributed by atoms with van der Waals surface area (Å²) in [5.74, 6) is 0. The molecule has 1 aromatic carbocycles. The van der Waals surface area contributed by atoms with Crippen molar-refractivity contribution in [1.82, 2.24) is 9.62 Å². The highest BCUT2D eigenvalue weighted by atomic mass is 35.5. The molecule has 1 unspecified atom stereocenters. The van der Waals surface area contributed by atoms with Gasteiger partial charge in [-0.05, 0) is 49.4 Å². The minimum absolute atomic E-state index is 0. The van der Waals surface area contributed by atoms with E-state index in [1.807, 2.05) is 19.1 Å². The molecule has 0 aliphatic carbocycles. The summed E-state index contributed by atoms with van der Waals surface area (Å²) in [6.45, 7) is 5.20. The van der Waals surface area contributed by atoms with E-state index in [0.717, 1.165) is 31.5 Å². The van der Waals surface area contributed by atoms with Crippen molar-refractivity contribution in [2.24, 2.45) is 5.41 Å². The van der Waals surface area contributed by atoms with E-state index in [1.54, 1.807) is 16.4 Å². The van der Waals surface area contributed by atoms with Crippen LogP contribution in [-0.4, -0.2) is 38.9 Å². The van der Waals surface area contributed by atoms with E-state index in [0.29, 0.717) is 18.0 Å². The number of hydrogen-bond donors (Lipinski definition) is 1. The fourth-order valence-corrected chi connectivity index (χ4v) is 4.83. The molecule has 0 radical (unpaired) electrons. The average Bonchev–Trinajstić information content (AvgIpc) is 3.01. The van der Waals surface area contributed by atoms with E-state index in [1.165, 1.54) is 0 Å². The standard InChI is InChI=1S/C14H20N2O2S.ClH/c1-12-3-2-4-13(9-12)19(17,18)16-8-6-14(11-16)5-7-15-10-14;/h2-4,9,15H,5-8,10-11H2,1H3;1H. The summed E-state index contributed by atoms with van der Waals surface area (Å²) in [7, 11) is -3.32. The predicted octanol–water partition coefficient (Wildman–Crippen LogP) is 1.79. The van der Waals surface area contributed by atoms with Crippen LogP contribution >= 0.6 is 12.4 Å². The Hall–Kier alpha value is -0.620. The summed E-state index contributed by atoms with van der Waals surface area (Å²) in [5.41, 5.74) is 1.16. The highest BCUT2D eigenvalue weighted by Gasteiger charge is 2.44. The quantitative estimate of drug-likeness (QED) is 0.905. The first-order valence-corrected chi connectivity index (χ1v) is 8.24. The second-order valence-electron chi connectivity index (χ2n) is 5.83. The van der Waals surface area contributed by atoms with E-state index >= 15 is 0 Å². The summed E-state index contributed by atoms with van der Waals surface area (Å²) in [6.07, 6.45) is 2.07. The molecule has 3 rings (SSSR count). The zero-order valence-corrected chi connectivity index (χ0v) is 13.3. The molecule has 1 spiro atoms. The van der Waals surface area contributed by atoms with Crippen molar-refractivity contribution in [1.29, 1.82) is 0 Å². The number of rotatable bonds is 2. The van der Waals surface area contributed by atoms with Crippen molar-refractivity contribution in [3.8, 4) is 0 Å². The molecule has 2 saturated heterocycles. The number of sulfonamides is 1. The summed E-state index contributed by atoms with van der Waals surface area (Å²) in [6, 6.07) is 7.18. The summed E-state index contributed by atoms with van der Waals surface area (Å²) >= 11 is 0. The number of nitrogens with one attached hydrogen (secondary N) is 1. The molecular formula is C14H21ClN2O2S. The van der Waals surface area contributed by atoms with Gasteiger partial charge in [0.05, 0.1) is 4.90 Å². The summed E-state index contributed by atoms with van der Waals surface area (Å²) < 4.78 is 26.9. The first-order chi connectivity index (χ1) is 9.02. The molecule has 2 heterocycles. The van der Waals surface area contributed by atoms with Crippen LogP contribution in [0.2, 0.25) is 0 Å². The maximum Gasteiger partial charge on any atom is 0.243 e. The molecule has 2 aliphatic heterocycles. The van der Waals surface area contributed by atoms with Crippen molar-refractivity contribution in [2.75, 3.05) is 26.2 Å². The van der Waals surface area contributed by atoms with Crippen molar-refractivity contribution in [3.63, 3.8) is 0 Å². The number of aryl methyl sites for hydroxylation is 1. The highest BCUT2D eigenvalue weighted by molar-refractivity contribution is 7.89. The van der Waals surface area contributed by atoms with Crippen molar-refractivity contribution in [2.45, 2.75) is 24.7 Å². The lowest BCUT2D eigenvalue weighted by Gasteiger charge is -2.22. The average molecular weight is 317 g/mol. The molecule has 0 amide bonds. The third kappa shape index (κ3) is 2.72. The SMILES string of the molecule is Cc1cccc(S(=O)(=O)N2CCC3(CCNC3)C2)c1.Cl. The Labute approximate surface area is 127 Å². The van der Waals surface area contributed by atoms with Gasteiger partial charge < -0.3 is 5.32 Å². The van der Waals surface area contributed by atoms with Crippen LogP contribution in [0.3, 0.4) is 0 Å². The van der Waals surface area contributed by atoms with Crippen LogP contribution < -0.4 is 5.32 Å². The molecule has 1 N–H and O–H groups in total. The lowest BCUT2D eigenvalue weighted by atomic mass is 9.87. The molecule has 0 bridgehead atoms. The smallest absolute Gasteiger partial charge is 0.243 e. The Morgan fingerprint density at radius 3 is 2.75 bits per heavy atom. The van der Waals surface area contributed by atoms with E-state index in [9.17, 15) is 8.42 Å². The Kier molecular flexibility index (Phi) is 4.44. The van der Waals surface area contributed by atoms with Gasteiger partial charge in [0.2, 0.25) is 10.0 Å². The lowest BCUT2D eigenvalue weighted by Crippen LogP contribution is -2.33. The molecule has 2 fully saturated rings. The van der Waals surface area contributed by atoms with Gasteiger partial charge in [0, 0.05) is 19.6 Å². The van der Waals surface area contributed by atoms with Gasteiger partial charge in [0.1, 0.15) is 0 Å². The third-order valence-corrected chi connectivity index (χ3v) is 6.20. The molecule has 4 nitrogen and oxygen atoms in total. The third-order valence-electron chi connectivity index (χ3n) is 4.36. The zero-order valence-electron chi connectivity index (χ0n) is 11.6. The molecule has 2 aliphatic rings. The number of benzene rings is 1. The molecular weight excluding hydrogens is 296 g/mol. The molecule has 1 atom stereocenters. The Morgan fingerprint density at radius 1 is 1.30 bits per heavy atom. The van der Waals surface area contributed by atoms with E-state index in [-0.39, 0.29) is 17.8 Å². The Balaban J connectivity index is 0.00000147. The topological polar surface area (TPSA) is 49.4 Å². The molecule has 20 heavy (non-hydrogen) atoms. The van der Waals surface area contributed by atoms with Gasteiger partial charge in [-0.2, -0.15) is 4.31 Å². The first kappa shape index (κ1) is 15.8. The largest absolute Gasteiger partial charge is 0.316 e. The number of halogens is 1. The van der Waals surface area contributed by atoms with Crippen molar-refractivity contribution >= 4 is 22.4 Å². The minimum Gasteiger partial charge on any atom is -0.316 e. The number of nitrogens with zero attached hydrogens (tertiary/aromatic N) is 1. The molecule has 0 aromatic heterocycles. The summed E-state index contributed by atoms with van der Waals surface area (Å²) in [4.78, 5) is 0.426.